The second-order valence-corrected chi connectivity index (χ2v) is 6.75. The summed E-state index contributed by atoms with van der Waals surface area (Å²) < 4.78 is 4.82. The lowest BCUT2D eigenvalue weighted by molar-refractivity contribution is 0.0601. The smallest absolute Gasteiger partial charge is 0.339 e. The van der Waals surface area contributed by atoms with Crippen molar-refractivity contribution in [1.82, 2.24) is 10.3 Å². The molecule has 0 unspecified atom stereocenters. The van der Waals surface area contributed by atoms with Crippen molar-refractivity contribution in [3.8, 4) is 0 Å². The van der Waals surface area contributed by atoms with Crippen LogP contribution in [0.4, 0.5) is 11.4 Å². The van der Waals surface area contributed by atoms with E-state index in [1.165, 1.54) is 20.0 Å². The van der Waals surface area contributed by atoms with E-state index in [1.807, 2.05) is 6.07 Å². The van der Waals surface area contributed by atoms with Crippen LogP contribution in [0.2, 0.25) is 0 Å². The van der Waals surface area contributed by atoms with Crippen molar-refractivity contribution in [3.05, 3.63) is 53.9 Å². The number of pyridine rings is 1. The Morgan fingerprint density at radius 3 is 2.56 bits per heavy atom. The van der Waals surface area contributed by atoms with Crippen LogP contribution in [0.25, 0.3) is 0 Å². The van der Waals surface area contributed by atoms with Crippen molar-refractivity contribution < 1.29 is 14.3 Å². The van der Waals surface area contributed by atoms with E-state index >= 15 is 0 Å². The molecule has 0 aliphatic heterocycles. The molecule has 1 aromatic heterocycles. The Kier molecular flexibility index (Phi) is 6.41. The SMILES string of the molecule is COC(=O)c1ccccc1Nc1ccnc(C(=O)NC2CCCCCC2)c1. The highest BCUT2D eigenvalue weighted by atomic mass is 16.5. The molecule has 0 spiro atoms. The molecule has 142 valence electrons. The number of amides is 1. The van der Waals surface area contributed by atoms with E-state index in [2.05, 4.69) is 15.6 Å². The Hall–Kier alpha value is -2.89. The number of ether oxygens (including phenoxy) is 1. The second-order valence-electron chi connectivity index (χ2n) is 6.75. The number of nitrogens with one attached hydrogen (secondary N) is 2. The van der Waals surface area contributed by atoms with Crippen LogP contribution in [0.1, 0.15) is 59.4 Å². The third kappa shape index (κ3) is 5.06. The summed E-state index contributed by atoms with van der Waals surface area (Å²) in [5.41, 5.74) is 2.10. The Morgan fingerprint density at radius 1 is 1.07 bits per heavy atom. The molecule has 1 heterocycles. The van der Waals surface area contributed by atoms with Crippen LogP contribution in [-0.2, 0) is 4.74 Å². The lowest BCUT2D eigenvalue weighted by Crippen LogP contribution is -2.34. The van der Waals surface area contributed by atoms with Gasteiger partial charge in [-0.05, 0) is 37.1 Å². The number of carbonyl (C=O) groups excluding carboxylic acids is 2. The Morgan fingerprint density at radius 2 is 1.81 bits per heavy atom. The standard InChI is InChI=1S/C21H25N3O3/c1-27-21(26)17-10-6-7-11-18(17)23-16-12-13-22-19(14-16)20(25)24-15-8-4-2-3-5-9-15/h6-7,10-15H,2-5,8-9H2,1H3,(H,22,23)(H,24,25). The molecule has 27 heavy (non-hydrogen) atoms. The van der Waals surface area contributed by atoms with E-state index in [9.17, 15) is 9.59 Å². The minimum Gasteiger partial charge on any atom is -0.465 e. The summed E-state index contributed by atoms with van der Waals surface area (Å²) in [4.78, 5) is 28.7. The number of benzene rings is 1. The lowest BCUT2D eigenvalue weighted by atomic mass is 10.1. The van der Waals surface area contributed by atoms with Gasteiger partial charge in [0.1, 0.15) is 5.69 Å². The van der Waals surface area contributed by atoms with Crippen molar-refractivity contribution in [2.24, 2.45) is 0 Å². The number of carbonyl (C=O) groups is 2. The van der Waals surface area contributed by atoms with Crippen LogP contribution < -0.4 is 10.6 Å². The van der Waals surface area contributed by atoms with E-state index in [1.54, 1.807) is 36.5 Å². The van der Waals surface area contributed by atoms with Crippen LogP contribution in [-0.4, -0.2) is 30.0 Å². The van der Waals surface area contributed by atoms with Gasteiger partial charge in [0.25, 0.3) is 5.91 Å². The van der Waals surface area contributed by atoms with Crippen molar-refractivity contribution in [2.45, 2.75) is 44.6 Å². The Labute approximate surface area is 159 Å². The van der Waals surface area contributed by atoms with Gasteiger partial charge < -0.3 is 15.4 Å². The van der Waals surface area contributed by atoms with Crippen LogP contribution in [0.15, 0.2) is 42.6 Å². The van der Waals surface area contributed by atoms with Gasteiger partial charge in [-0.1, -0.05) is 37.8 Å². The molecule has 6 heteroatoms. The first kappa shape index (κ1) is 18.9. The van der Waals surface area contributed by atoms with Crippen LogP contribution in [0.3, 0.4) is 0 Å². The fourth-order valence-corrected chi connectivity index (χ4v) is 3.35. The van der Waals surface area contributed by atoms with Gasteiger partial charge in [-0.15, -0.1) is 0 Å². The number of methoxy groups -OCH3 is 1. The van der Waals surface area contributed by atoms with Gasteiger partial charge >= 0.3 is 5.97 Å². The van der Waals surface area contributed by atoms with Gasteiger partial charge in [-0.3, -0.25) is 9.78 Å². The number of hydrogen-bond donors (Lipinski definition) is 2. The molecule has 1 amide bonds. The fourth-order valence-electron chi connectivity index (χ4n) is 3.35. The van der Waals surface area contributed by atoms with Crippen LogP contribution in [0.5, 0.6) is 0 Å². The van der Waals surface area contributed by atoms with Gasteiger partial charge in [0.2, 0.25) is 0 Å². The molecule has 0 atom stereocenters. The number of aromatic nitrogens is 1. The fraction of sp³-hybridized carbons (Fsp3) is 0.381. The maximum absolute atomic E-state index is 12.6. The van der Waals surface area contributed by atoms with Crippen molar-refractivity contribution >= 4 is 23.3 Å². The minimum atomic E-state index is -0.418. The van der Waals surface area contributed by atoms with Gasteiger partial charge in [-0.25, -0.2) is 4.79 Å². The Bertz CT molecular complexity index is 799. The molecule has 3 rings (SSSR count). The number of anilines is 2. The lowest BCUT2D eigenvalue weighted by Gasteiger charge is -2.16. The zero-order valence-electron chi connectivity index (χ0n) is 15.5. The summed E-state index contributed by atoms with van der Waals surface area (Å²) in [6, 6.07) is 10.8. The predicted octanol–water partition coefficient (Wildman–Crippen LogP) is 4.06. The van der Waals surface area contributed by atoms with E-state index in [0.29, 0.717) is 22.6 Å². The molecule has 1 saturated carbocycles. The molecular weight excluding hydrogens is 342 g/mol. The average molecular weight is 367 g/mol. The highest BCUT2D eigenvalue weighted by Gasteiger charge is 2.17. The molecule has 0 bridgehead atoms. The number of esters is 1. The largest absolute Gasteiger partial charge is 0.465 e. The zero-order valence-corrected chi connectivity index (χ0v) is 15.5. The van der Waals surface area contributed by atoms with E-state index in [4.69, 9.17) is 4.74 Å². The van der Waals surface area contributed by atoms with E-state index < -0.39 is 5.97 Å². The summed E-state index contributed by atoms with van der Waals surface area (Å²) in [7, 11) is 1.35. The van der Waals surface area contributed by atoms with Gasteiger partial charge in [0.05, 0.1) is 18.4 Å². The van der Waals surface area contributed by atoms with Crippen molar-refractivity contribution in [3.63, 3.8) is 0 Å². The highest BCUT2D eigenvalue weighted by molar-refractivity contribution is 5.97. The molecule has 6 nitrogen and oxygen atoms in total. The Balaban J connectivity index is 1.72. The summed E-state index contributed by atoms with van der Waals surface area (Å²) >= 11 is 0. The number of para-hydroxylation sites is 1. The molecule has 0 saturated heterocycles. The second kappa shape index (κ2) is 9.16. The summed E-state index contributed by atoms with van der Waals surface area (Å²) in [6.45, 7) is 0. The predicted molar refractivity (Wildman–Crippen MR) is 104 cm³/mol. The normalized spacial score (nSPS) is 14.9. The van der Waals surface area contributed by atoms with Gasteiger partial charge in [0, 0.05) is 17.9 Å². The van der Waals surface area contributed by atoms with E-state index in [0.717, 1.165) is 25.7 Å². The van der Waals surface area contributed by atoms with Crippen LogP contribution in [0, 0.1) is 0 Å². The number of hydrogen-bond acceptors (Lipinski definition) is 5. The molecule has 1 aliphatic rings. The monoisotopic (exact) mass is 367 g/mol. The molecule has 1 aromatic carbocycles. The quantitative estimate of drug-likeness (QED) is 0.615. The summed E-state index contributed by atoms with van der Waals surface area (Å²) in [6.07, 6.45) is 8.43. The van der Waals surface area contributed by atoms with Crippen LogP contribution >= 0.6 is 0 Å². The first-order chi connectivity index (χ1) is 13.2. The number of rotatable bonds is 5. The topological polar surface area (TPSA) is 80.3 Å². The molecule has 2 aromatic rings. The highest BCUT2D eigenvalue weighted by Crippen LogP contribution is 2.22. The molecule has 2 N–H and O–H groups in total. The third-order valence-electron chi connectivity index (χ3n) is 4.79. The van der Waals surface area contributed by atoms with Gasteiger partial charge in [0.15, 0.2) is 0 Å². The summed E-state index contributed by atoms with van der Waals surface area (Å²) in [5.74, 6) is -0.578. The van der Waals surface area contributed by atoms with Gasteiger partial charge in [-0.2, -0.15) is 0 Å². The maximum atomic E-state index is 12.6. The summed E-state index contributed by atoms with van der Waals surface area (Å²) in [5, 5.41) is 6.28. The molecular formula is C21H25N3O3. The van der Waals surface area contributed by atoms with E-state index in [-0.39, 0.29) is 11.9 Å². The average Bonchev–Trinajstić information content (AvgIpc) is 2.96. The third-order valence-corrected chi connectivity index (χ3v) is 4.79. The minimum absolute atomic E-state index is 0.160. The first-order valence-electron chi connectivity index (χ1n) is 9.38. The molecule has 0 radical (unpaired) electrons. The van der Waals surface area contributed by atoms with Crippen molar-refractivity contribution in [2.75, 3.05) is 12.4 Å². The zero-order chi connectivity index (χ0) is 19.1. The number of nitrogens with zero attached hydrogens (tertiary/aromatic N) is 1. The maximum Gasteiger partial charge on any atom is 0.339 e. The molecule has 1 aliphatic carbocycles. The molecule has 1 fully saturated rings. The van der Waals surface area contributed by atoms with Crippen molar-refractivity contribution in [1.29, 1.82) is 0 Å². The first-order valence-corrected chi connectivity index (χ1v) is 9.38.